The third-order valence-electron chi connectivity index (χ3n) is 12.7. The summed E-state index contributed by atoms with van der Waals surface area (Å²) in [6.07, 6.45) is 61.8. The summed E-state index contributed by atoms with van der Waals surface area (Å²) in [7, 11) is 0. The highest BCUT2D eigenvalue weighted by Crippen LogP contribution is 2.16. The molecule has 2 unspecified atom stereocenters. The van der Waals surface area contributed by atoms with Gasteiger partial charge in [-0.3, -0.25) is 9.59 Å². The van der Waals surface area contributed by atoms with E-state index in [2.05, 4.69) is 31.3 Å². The Balaban J connectivity index is 3.50. The third kappa shape index (κ3) is 47.8. The number of esters is 1. The van der Waals surface area contributed by atoms with Gasteiger partial charge in [-0.2, -0.15) is 0 Å². The number of allylic oxidation sites excluding steroid dienone is 3. The van der Waals surface area contributed by atoms with Crippen LogP contribution >= 0.6 is 0 Å². The largest absolute Gasteiger partial charge is 0.466 e. The molecule has 366 valence electrons. The molecule has 62 heavy (non-hydrogen) atoms. The molecule has 0 heterocycles. The lowest BCUT2D eigenvalue weighted by molar-refractivity contribution is -0.143. The lowest BCUT2D eigenvalue weighted by atomic mass is 10.0. The summed E-state index contributed by atoms with van der Waals surface area (Å²) < 4.78 is 5.46. The lowest BCUT2D eigenvalue weighted by Gasteiger charge is -2.20. The minimum Gasteiger partial charge on any atom is -0.466 e. The van der Waals surface area contributed by atoms with Crippen LogP contribution in [0.2, 0.25) is 0 Å². The number of carbonyl (C=O) groups excluding carboxylic acids is 2. The number of hydrogen-bond donors (Lipinski definition) is 3. The van der Waals surface area contributed by atoms with Crippen LogP contribution in [0.4, 0.5) is 0 Å². The molecule has 0 bridgehead atoms. The molecule has 0 aliphatic heterocycles. The molecule has 0 saturated carbocycles. The second-order valence-electron chi connectivity index (χ2n) is 18.9. The van der Waals surface area contributed by atoms with E-state index in [1.807, 2.05) is 6.08 Å². The van der Waals surface area contributed by atoms with Gasteiger partial charge in [0.1, 0.15) is 0 Å². The summed E-state index contributed by atoms with van der Waals surface area (Å²) in [5, 5.41) is 23.1. The van der Waals surface area contributed by atoms with E-state index in [1.54, 1.807) is 6.08 Å². The fourth-order valence-electron chi connectivity index (χ4n) is 8.45. The standard InChI is InChI=1S/C56H107NO5/c1-3-5-7-9-11-13-15-17-18-21-25-28-32-36-40-44-48-54(59)53(52-58)57-55(60)49-45-41-37-33-29-26-22-19-20-23-27-31-35-39-43-47-51-62-56(61)50-46-42-38-34-30-24-16-14-12-10-8-6-4-2/h19,22,44,48,53-54,58-59H,3-18,20-21,23-43,45-47,49-52H2,1-2H3,(H,57,60)/b22-19-,48-44+. The van der Waals surface area contributed by atoms with E-state index in [1.165, 1.54) is 205 Å². The van der Waals surface area contributed by atoms with Crippen LogP contribution in [0, 0.1) is 0 Å². The second kappa shape index (κ2) is 52.0. The molecule has 0 radical (unpaired) electrons. The molecule has 6 heteroatoms. The first-order chi connectivity index (χ1) is 30.5. The van der Waals surface area contributed by atoms with E-state index in [4.69, 9.17) is 4.74 Å². The van der Waals surface area contributed by atoms with Crippen molar-refractivity contribution in [3.63, 3.8) is 0 Å². The zero-order valence-electron chi connectivity index (χ0n) is 41.6. The van der Waals surface area contributed by atoms with Crippen LogP contribution in [0.3, 0.4) is 0 Å². The number of amides is 1. The minimum atomic E-state index is -0.854. The zero-order valence-corrected chi connectivity index (χ0v) is 41.6. The first-order valence-corrected chi connectivity index (χ1v) is 27.6. The molecule has 2 atom stereocenters. The van der Waals surface area contributed by atoms with E-state index in [-0.39, 0.29) is 18.5 Å². The number of hydrogen-bond acceptors (Lipinski definition) is 5. The van der Waals surface area contributed by atoms with E-state index < -0.39 is 12.1 Å². The topological polar surface area (TPSA) is 95.9 Å². The number of rotatable bonds is 51. The molecule has 1 amide bonds. The summed E-state index contributed by atoms with van der Waals surface area (Å²) >= 11 is 0. The summed E-state index contributed by atoms with van der Waals surface area (Å²) in [5.41, 5.74) is 0. The van der Waals surface area contributed by atoms with Crippen molar-refractivity contribution in [3.05, 3.63) is 24.3 Å². The highest BCUT2D eigenvalue weighted by Gasteiger charge is 2.18. The Morgan fingerprint density at radius 3 is 1.15 bits per heavy atom. The van der Waals surface area contributed by atoms with Gasteiger partial charge in [-0.15, -0.1) is 0 Å². The number of ether oxygens (including phenoxy) is 1. The summed E-state index contributed by atoms with van der Waals surface area (Å²) in [5.74, 6) is -0.0862. The predicted molar refractivity (Wildman–Crippen MR) is 269 cm³/mol. The molecule has 0 fully saturated rings. The maximum atomic E-state index is 12.4. The molecule has 0 spiro atoms. The first kappa shape index (κ1) is 60.3. The van der Waals surface area contributed by atoms with Gasteiger partial charge < -0.3 is 20.3 Å². The summed E-state index contributed by atoms with van der Waals surface area (Å²) in [4.78, 5) is 24.5. The number of unbranched alkanes of at least 4 members (excludes halogenated alkanes) is 38. The molecular formula is C56H107NO5. The van der Waals surface area contributed by atoms with Crippen molar-refractivity contribution in [1.82, 2.24) is 5.32 Å². The van der Waals surface area contributed by atoms with Crippen molar-refractivity contribution in [2.75, 3.05) is 13.2 Å². The molecule has 0 aliphatic carbocycles. The van der Waals surface area contributed by atoms with Gasteiger partial charge in [-0.1, -0.05) is 250 Å². The van der Waals surface area contributed by atoms with Crippen LogP contribution < -0.4 is 5.32 Å². The van der Waals surface area contributed by atoms with Crippen molar-refractivity contribution in [2.45, 2.75) is 309 Å². The van der Waals surface area contributed by atoms with Gasteiger partial charge in [0.15, 0.2) is 0 Å². The average molecular weight is 874 g/mol. The minimum absolute atomic E-state index is 0.00235. The molecule has 0 saturated heterocycles. The van der Waals surface area contributed by atoms with Crippen LogP contribution in [0.5, 0.6) is 0 Å². The average Bonchev–Trinajstić information content (AvgIpc) is 3.27. The Kier molecular flexibility index (Phi) is 50.6. The van der Waals surface area contributed by atoms with Gasteiger partial charge >= 0.3 is 5.97 Å². The zero-order chi connectivity index (χ0) is 45.1. The van der Waals surface area contributed by atoms with Crippen molar-refractivity contribution < 1.29 is 24.5 Å². The fraction of sp³-hybridized carbons (Fsp3) is 0.893. The van der Waals surface area contributed by atoms with Crippen LogP contribution in [0.1, 0.15) is 296 Å². The molecule has 0 aliphatic rings. The normalized spacial score (nSPS) is 12.8. The highest BCUT2D eigenvalue weighted by atomic mass is 16.5. The molecule has 0 aromatic carbocycles. The van der Waals surface area contributed by atoms with Crippen molar-refractivity contribution in [2.24, 2.45) is 0 Å². The van der Waals surface area contributed by atoms with Gasteiger partial charge in [0.2, 0.25) is 5.91 Å². The van der Waals surface area contributed by atoms with Crippen molar-refractivity contribution >= 4 is 11.9 Å². The lowest BCUT2D eigenvalue weighted by Crippen LogP contribution is -2.45. The van der Waals surface area contributed by atoms with Crippen LogP contribution in [-0.4, -0.2) is 47.4 Å². The van der Waals surface area contributed by atoms with Gasteiger partial charge in [0.25, 0.3) is 0 Å². The smallest absolute Gasteiger partial charge is 0.305 e. The van der Waals surface area contributed by atoms with Crippen molar-refractivity contribution in [3.8, 4) is 0 Å². The van der Waals surface area contributed by atoms with Crippen LogP contribution in [0.15, 0.2) is 24.3 Å². The maximum Gasteiger partial charge on any atom is 0.305 e. The second-order valence-corrected chi connectivity index (χ2v) is 18.9. The Bertz CT molecular complexity index is 966. The summed E-state index contributed by atoms with van der Waals surface area (Å²) in [6.45, 7) is 4.89. The SMILES string of the molecule is CCCCCCCCCCCCCCCC/C=C/C(O)C(CO)NC(=O)CCCCCCC/C=C\CCCCCCCCCOC(=O)CCCCCCCCCCCCCCC. The van der Waals surface area contributed by atoms with Crippen molar-refractivity contribution in [1.29, 1.82) is 0 Å². The van der Waals surface area contributed by atoms with E-state index >= 15 is 0 Å². The molecule has 0 aromatic rings. The van der Waals surface area contributed by atoms with Gasteiger partial charge in [-0.05, 0) is 57.8 Å². The molecule has 0 aromatic heterocycles. The fourth-order valence-corrected chi connectivity index (χ4v) is 8.45. The quantitative estimate of drug-likeness (QED) is 0.0321. The Morgan fingerprint density at radius 2 is 0.758 bits per heavy atom. The number of aliphatic hydroxyl groups excluding tert-OH is 2. The molecular weight excluding hydrogens is 767 g/mol. The monoisotopic (exact) mass is 874 g/mol. The van der Waals surface area contributed by atoms with Crippen LogP contribution in [0.25, 0.3) is 0 Å². The first-order valence-electron chi connectivity index (χ1n) is 27.6. The molecule has 6 nitrogen and oxygen atoms in total. The number of nitrogens with one attached hydrogen (secondary N) is 1. The van der Waals surface area contributed by atoms with Gasteiger partial charge in [-0.25, -0.2) is 0 Å². The Morgan fingerprint density at radius 1 is 0.435 bits per heavy atom. The molecule has 3 N–H and O–H groups in total. The number of carbonyl (C=O) groups is 2. The van der Waals surface area contributed by atoms with E-state index in [9.17, 15) is 19.8 Å². The third-order valence-corrected chi connectivity index (χ3v) is 12.7. The molecule has 0 rings (SSSR count). The van der Waals surface area contributed by atoms with E-state index in [0.717, 1.165) is 64.2 Å². The Hall–Kier alpha value is -1.66. The highest BCUT2D eigenvalue weighted by molar-refractivity contribution is 5.76. The van der Waals surface area contributed by atoms with Gasteiger partial charge in [0.05, 0.1) is 25.4 Å². The summed E-state index contributed by atoms with van der Waals surface area (Å²) in [6, 6.07) is -0.639. The van der Waals surface area contributed by atoms with Crippen LogP contribution in [-0.2, 0) is 14.3 Å². The maximum absolute atomic E-state index is 12.4. The number of aliphatic hydroxyl groups is 2. The van der Waals surface area contributed by atoms with Gasteiger partial charge in [0, 0.05) is 12.8 Å². The Labute approximate surface area is 386 Å². The predicted octanol–water partition coefficient (Wildman–Crippen LogP) is 16.7. The van der Waals surface area contributed by atoms with E-state index in [0.29, 0.717) is 19.4 Å².